The molecule has 0 aromatic heterocycles. The Labute approximate surface area is 204 Å². The molecule has 0 unspecified atom stereocenters. The number of nitrogens with zero attached hydrogens (tertiary/aromatic N) is 2. The number of halogens is 1. The molecule has 184 valence electrons. The molecule has 8 heteroatoms. The Hall–Kier alpha value is -3.73. The molecule has 1 fully saturated rings. The summed E-state index contributed by atoms with van der Waals surface area (Å²) in [4.78, 5) is 39.2. The smallest absolute Gasteiger partial charge is 0.328 e. The summed E-state index contributed by atoms with van der Waals surface area (Å²) in [6.45, 7) is 1.15. The second kappa shape index (κ2) is 12.7. The summed E-state index contributed by atoms with van der Waals surface area (Å²) in [6, 6.07) is 14.3. The Morgan fingerprint density at radius 1 is 1.14 bits per heavy atom. The molecular formula is C27H30FN3O4. The summed E-state index contributed by atoms with van der Waals surface area (Å²) in [5.74, 6) is -0.910. The van der Waals surface area contributed by atoms with Gasteiger partial charge in [0.1, 0.15) is 11.9 Å². The number of methoxy groups -OCH3 is 1. The summed E-state index contributed by atoms with van der Waals surface area (Å²) in [7, 11) is 1.28. The first-order chi connectivity index (χ1) is 16.9. The largest absolute Gasteiger partial charge is 0.467 e. The second-order valence-corrected chi connectivity index (χ2v) is 8.81. The lowest BCUT2D eigenvalue weighted by Gasteiger charge is -2.32. The maximum Gasteiger partial charge on any atom is 0.328 e. The van der Waals surface area contributed by atoms with Gasteiger partial charge in [-0.3, -0.25) is 9.59 Å². The SMILES string of the molecule is COC(=O)[C@H](Cc1ccc(C#N)cc1)NC(=O)CC1CCN(C(=O)CCc2cccc(F)c2)CC1. The van der Waals surface area contributed by atoms with E-state index in [2.05, 4.69) is 5.32 Å². The minimum atomic E-state index is -0.815. The molecule has 1 atom stereocenters. The van der Waals surface area contributed by atoms with Crippen LogP contribution < -0.4 is 5.32 Å². The molecule has 1 heterocycles. The zero-order valence-electron chi connectivity index (χ0n) is 19.8. The van der Waals surface area contributed by atoms with Crippen molar-refractivity contribution in [3.8, 4) is 6.07 Å². The van der Waals surface area contributed by atoms with Crippen molar-refractivity contribution in [3.05, 3.63) is 71.0 Å². The molecule has 2 aromatic rings. The molecule has 3 rings (SSSR count). The van der Waals surface area contributed by atoms with Gasteiger partial charge in [0.25, 0.3) is 0 Å². The highest BCUT2D eigenvalue weighted by atomic mass is 19.1. The molecule has 0 saturated carbocycles. The average molecular weight is 480 g/mol. The Balaban J connectivity index is 1.44. The van der Waals surface area contributed by atoms with Gasteiger partial charge in [-0.2, -0.15) is 5.26 Å². The van der Waals surface area contributed by atoms with Crippen LogP contribution in [0.25, 0.3) is 0 Å². The van der Waals surface area contributed by atoms with Gasteiger partial charge in [0.15, 0.2) is 0 Å². The lowest BCUT2D eigenvalue weighted by molar-refractivity contribution is -0.145. The topological polar surface area (TPSA) is 99.5 Å². The Kier molecular flexibility index (Phi) is 9.36. The molecule has 7 nitrogen and oxygen atoms in total. The van der Waals surface area contributed by atoms with E-state index in [-0.39, 0.29) is 36.4 Å². The molecule has 1 aliphatic heterocycles. The van der Waals surface area contributed by atoms with E-state index in [0.717, 1.165) is 11.1 Å². The predicted molar refractivity (Wildman–Crippen MR) is 127 cm³/mol. The van der Waals surface area contributed by atoms with Crippen LogP contribution in [0.3, 0.4) is 0 Å². The lowest BCUT2D eigenvalue weighted by atomic mass is 9.92. The Bertz CT molecular complexity index is 1070. The van der Waals surface area contributed by atoms with Crippen LogP contribution in [-0.2, 0) is 32.0 Å². The van der Waals surface area contributed by atoms with Crippen molar-refractivity contribution < 1.29 is 23.5 Å². The molecule has 2 amide bonds. The minimum absolute atomic E-state index is 0.0327. The number of hydrogen-bond donors (Lipinski definition) is 1. The molecule has 0 spiro atoms. The minimum Gasteiger partial charge on any atom is -0.467 e. The van der Waals surface area contributed by atoms with E-state index < -0.39 is 12.0 Å². The number of ether oxygens (including phenoxy) is 1. The average Bonchev–Trinajstić information content (AvgIpc) is 2.87. The molecule has 2 aromatic carbocycles. The van der Waals surface area contributed by atoms with Crippen LogP contribution in [-0.4, -0.2) is 48.9 Å². The highest BCUT2D eigenvalue weighted by Crippen LogP contribution is 2.22. The molecule has 0 bridgehead atoms. The first kappa shape index (κ1) is 25.9. The van der Waals surface area contributed by atoms with Crippen LogP contribution in [0.15, 0.2) is 48.5 Å². The van der Waals surface area contributed by atoms with Crippen molar-refractivity contribution >= 4 is 17.8 Å². The van der Waals surface area contributed by atoms with E-state index >= 15 is 0 Å². The predicted octanol–water partition coefficient (Wildman–Crippen LogP) is 3.16. The van der Waals surface area contributed by atoms with Crippen molar-refractivity contribution in [2.75, 3.05) is 20.2 Å². The molecule has 0 radical (unpaired) electrons. The Morgan fingerprint density at radius 2 is 1.86 bits per heavy atom. The highest BCUT2D eigenvalue weighted by molar-refractivity contribution is 5.84. The number of esters is 1. The van der Waals surface area contributed by atoms with Crippen LogP contribution in [0.2, 0.25) is 0 Å². The fraction of sp³-hybridized carbons (Fsp3) is 0.407. The molecule has 1 saturated heterocycles. The first-order valence-corrected chi connectivity index (χ1v) is 11.8. The van der Waals surface area contributed by atoms with E-state index in [0.29, 0.717) is 44.3 Å². The van der Waals surface area contributed by atoms with E-state index in [1.807, 2.05) is 12.1 Å². The number of nitriles is 1. The van der Waals surface area contributed by atoms with Gasteiger partial charge >= 0.3 is 5.97 Å². The van der Waals surface area contributed by atoms with E-state index in [9.17, 15) is 18.8 Å². The van der Waals surface area contributed by atoms with Gasteiger partial charge in [-0.15, -0.1) is 0 Å². The van der Waals surface area contributed by atoms with Gasteiger partial charge < -0.3 is 15.0 Å². The summed E-state index contributed by atoms with van der Waals surface area (Å²) < 4.78 is 18.2. The van der Waals surface area contributed by atoms with Crippen LogP contribution in [0.1, 0.15) is 42.4 Å². The molecular weight excluding hydrogens is 449 g/mol. The summed E-state index contributed by atoms with van der Waals surface area (Å²) in [5.41, 5.74) is 2.13. The van der Waals surface area contributed by atoms with Gasteiger partial charge in [0.2, 0.25) is 11.8 Å². The number of amides is 2. The van der Waals surface area contributed by atoms with Gasteiger partial charge in [-0.25, -0.2) is 9.18 Å². The zero-order valence-corrected chi connectivity index (χ0v) is 19.8. The summed E-state index contributed by atoms with van der Waals surface area (Å²) in [6.07, 6.45) is 2.77. The third-order valence-electron chi connectivity index (χ3n) is 6.30. The summed E-state index contributed by atoms with van der Waals surface area (Å²) >= 11 is 0. The number of likely N-dealkylation sites (tertiary alicyclic amines) is 1. The van der Waals surface area contributed by atoms with Crippen LogP contribution in [0.4, 0.5) is 4.39 Å². The standard InChI is InChI=1S/C27H30FN3O4/c1-35-27(34)24(16-20-5-7-22(18-29)8-6-20)30-25(32)17-21-11-13-31(14-12-21)26(33)10-9-19-3-2-4-23(28)15-19/h2-8,15,21,24H,9-14,16-17H2,1H3,(H,30,32)/t24-/m0/s1. The number of carbonyl (C=O) groups excluding carboxylic acids is 3. The summed E-state index contributed by atoms with van der Waals surface area (Å²) in [5, 5.41) is 11.7. The highest BCUT2D eigenvalue weighted by Gasteiger charge is 2.27. The van der Waals surface area contributed by atoms with E-state index in [1.165, 1.54) is 19.2 Å². The van der Waals surface area contributed by atoms with Gasteiger partial charge in [0, 0.05) is 32.4 Å². The first-order valence-electron chi connectivity index (χ1n) is 11.8. The third kappa shape index (κ3) is 7.92. The number of rotatable bonds is 9. The van der Waals surface area contributed by atoms with Crippen molar-refractivity contribution in [2.45, 2.75) is 44.6 Å². The molecule has 0 aliphatic carbocycles. The maximum atomic E-state index is 13.3. The molecule has 35 heavy (non-hydrogen) atoms. The fourth-order valence-electron chi connectivity index (χ4n) is 4.29. The second-order valence-electron chi connectivity index (χ2n) is 8.81. The van der Waals surface area contributed by atoms with Crippen molar-refractivity contribution in [3.63, 3.8) is 0 Å². The normalized spacial score (nSPS) is 14.6. The number of carbonyl (C=O) groups is 3. The maximum absolute atomic E-state index is 13.3. The number of benzene rings is 2. The van der Waals surface area contributed by atoms with E-state index in [1.54, 1.807) is 35.2 Å². The van der Waals surface area contributed by atoms with Gasteiger partial charge in [-0.05, 0) is 60.6 Å². The number of aryl methyl sites for hydroxylation is 1. The third-order valence-corrected chi connectivity index (χ3v) is 6.30. The van der Waals surface area contributed by atoms with Gasteiger partial charge in [-0.1, -0.05) is 24.3 Å². The monoisotopic (exact) mass is 479 g/mol. The van der Waals surface area contributed by atoms with Crippen LogP contribution in [0.5, 0.6) is 0 Å². The van der Waals surface area contributed by atoms with Crippen molar-refractivity contribution in [2.24, 2.45) is 5.92 Å². The zero-order chi connectivity index (χ0) is 25.2. The quantitative estimate of drug-likeness (QED) is 0.557. The lowest BCUT2D eigenvalue weighted by Crippen LogP contribution is -2.44. The number of hydrogen-bond acceptors (Lipinski definition) is 5. The number of piperidine rings is 1. The number of nitrogens with one attached hydrogen (secondary N) is 1. The van der Waals surface area contributed by atoms with E-state index in [4.69, 9.17) is 10.00 Å². The fourth-order valence-corrected chi connectivity index (χ4v) is 4.29. The Morgan fingerprint density at radius 3 is 2.49 bits per heavy atom. The van der Waals surface area contributed by atoms with Crippen molar-refractivity contribution in [1.29, 1.82) is 5.26 Å². The molecule has 1 N–H and O–H groups in total. The van der Waals surface area contributed by atoms with Crippen molar-refractivity contribution in [1.82, 2.24) is 10.2 Å². The van der Waals surface area contributed by atoms with Crippen LogP contribution in [0, 0.1) is 23.1 Å². The molecule has 1 aliphatic rings. The van der Waals surface area contributed by atoms with Crippen LogP contribution >= 0.6 is 0 Å². The van der Waals surface area contributed by atoms with Gasteiger partial charge in [0.05, 0.1) is 18.7 Å².